The fourth-order valence-corrected chi connectivity index (χ4v) is 2.49. The van der Waals surface area contributed by atoms with E-state index in [0.29, 0.717) is 5.82 Å². The molecule has 0 spiro atoms. The predicted molar refractivity (Wildman–Crippen MR) is 87.4 cm³/mol. The number of nitrogens with one attached hydrogen (secondary N) is 2. The van der Waals surface area contributed by atoms with Crippen molar-refractivity contribution in [1.82, 2.24) is 15.0 Å². The van der Waals surface area contributed by atoms with Gasteiger partial charge in [-0.05, 0) is 13.8 Å². The molecule has 0 saturated carbocycles. The molecule has 0 radical (unpaired) electrons. The van der Waals surface area contributed by atoms with E-state index >= 15 is 0 Å². The molecule has 2 rings (SSSR count). The maximum absolute atomic E-state index is 5.58. The summed E-state index contributed by atoms with van der Waals surface area (Å²) in [6.45, 7) is 10.2. The summed E-state index contributed by atoms with van der Waals surface area (Å²) in [5.41, 5.74) is 3.40. The highest BCUT2D eigenvalue weighted by molar-refractivity contribution is 7.09. The van der Waals surface area contributed by atoms with Gasteiger partial charge in [0.05, 0.1) is 6.04 Å². The number of aromatic nitrogens is 3. The maximum Gasteiger partial charge on any atom is 0.148 e. The number of hydrazine groups is 1. The standard InChI is InChI=1S/C14H22N6S/c1-8-10(17-9(2)12-16-6-7-21-12)18-13(14(3,4)5)19-11(8)20-15/h6-7,9H,15H2,1-5H3,(H2,17,18,19,20). The van der Waals surface area contributed by atoms with Crippen molar-refractivity contribution in [2.75, 3.05) is 10.7 Å². The number of nitrogens with zero attached hydrogens (tertiary/aromatic N) is 3. The van der Waals surface area contributed by atoms with Crippen LogP contribution in [0.4, 0.5) is 11.6 Å². The van der Waals surface area contributed by atoms with E-state index in [4.69, 9.17) is 5.84 Å². The molecule has 114 valence electrons. The lowest BCUT2D eigenvalue weighted by atomic mass is 9.95. The normalized spacial score (nSPS) is 13.0. The third-order valence-electron chi connectivity index (χ3n) is 3.13. The Balaban J connectivity index is 2.38. The highest BCUT2D eigenvalue weighted by Gasteiger charge is 2.22. The van der Waals surface area contributed by atoms with E-state index < -0.39 is 0 Å². The van der Waals surface area contributed by atoms with Crippen molar-refractivity contribution in [3.05, 3.63) is 28.0 Å². The first-order valence-corrected chi connectivity index (χ1v) is 7.72. The Bertz CT molecular complexity index is 603. The molecule has 7 heteroatoms. The van der Waals surface area contributed by atoms with E-state index in [1.165, 1.54) is 0 Å². The molecule has 0 saturated heterocycles. The quantitative estimate of drug-likeness (QED) is 0.594. The van der Waals surface area contributed by atoms with Gasteiger partial charge >= 0.3 is 0 Å². The minimum atomic E-state index is -0.153. The second kappa shape index (κ2) is 5.95. The minimum Gasteiger partial charge on any atom is -0.361 e. The summed E-state index contributed by atoms with van der Waals surface area (Å²) in [6, 6.07) is 0.0806. The van der Waals surface area contributed by atoms with Crippen molar-refractivity contribution in [2.24, 2.45) is 5.84 Å². The molecule has 0 aliphatic rings. The number of nitrogen functional groups attached to an aromatic ring is 1. The molecule has 0 aromatic carbocycles. The smallest absolute Gasteiger partial charge is 0.148 e. The van der Waals surface area contributed by atoms with Crippen LogP contribution in [-0.2, 0) is 5.41 Å². The molecular formula is C14H22N6S. The SMILES string of the molecule is Cc1c(NN)nc(C(C)(C)C)nc1NC(C)c1nccs1. The van der Waals surface area contributed by atoms with Gasteiger partial charge in [-0.2, -0.15) is 0 Å². The number of anilines is 2. The zero-order valence-corrected chi connectivity index (χ0v) is 13.9. The van der Waals surface area contributed by atoms with Crippen molar-refractivity contribution in [3.8, 4) is 0 Å². The van der Waals surface area contributed by atoms with Gasteiger partial charge in [-0.25, -0.2) is 20.8 Å². The minimum absolute atomic E-state index is 0.0806. The molecule has 2 aromatic heterocycles. The van der Waals surface area contributed by atoms with Crippen LogP contribution < -0.4 is 16.6 Å². The molecule has 0 amide bonds. The first kappa shape index (κ1) is 15.7. The molecule has 2 heterocycles. The Morgan fingerprint density at radius 1 is 1.24 bits per heavy atom. The van der Waals surface area contributed by atoms with Crippen LogP contribution in [0.1, 0.15) is 50.1 Å². The second-order valence-electron chi connectivity index (χ2n) is 6.00. The van der Waals surface area contributed by atoms with Crippen molar-refractivity contribution < 1.29 is 0 Å². The fraction of sp³-hybridized carbons (Fsp3) is 0.500. The van der Waals surface area contributed by atoms with E-state index in [1.54, 1.807) is 17.5 Å². The van der Waals surface area contributed by atoms with E-state index in [1.807, 2.05) is 12.3 Å². The van der Waals surface area contributed by atoms with Crippen molar-refractivity contribution in [2.45, 2.75) is 46.1 Å². The Kier molecular flexibility index (Phi) is 4.43. The average Bonchev–Trinajstić information content (AvgIpc) is 2.93. The lowest BCUT2D eigenvalue weighted by Gasteiger charge is -2.22. The molecule has 0 aliphatic heterocycles. The third kappa shape index (κ3) is 3.48. The van der Waals surface area contributed by atoms with E-state index in [0.717, 1.165) is 22.2 Å². The Labute approximate surface area is 129 Å². The van der Waals surface area contributed by atoms with Gasteiger partial charge in [-0.1, -0.05) is 20.8 Å². The zero-order valence-electron chi connectivity index (χ0n) is 13.1. The fourth-order valence-electron chi connectivity index (χ4n) is 1.85. The summed E-state index contributed by atoms with van der Waals surface area (Å²) in [4.78, 5) is 13.5. The lowest BCUT2D eigenvalue weighted by molar-refractivity contribution is 0.545. The monoisotopic (exact) mass is 306 g/mol. The molecule has 1 atom stereocenters. The summed E-state index contributed by atoms with van der Waals surface area (Å²) >= 11 is 1.62. The van der Waals surface area contributed by atoms with Crippen LogP contribution >= 0.6 is 11.3 Å². The topological polar surface area (TPSA) is 88.8 Å². The summed E-state index contributed by atoms with van der Waals surface area (Å²) in [5, 5.41) is 6.39. The Hall–Kier alpha value is -1.73. The van der Waals surface area contributed by atoms with Gasteiger partial charge in [-0.15, -0.1) is 11.3 Å². The third-order valence-corrected chi connectivity index (χ3v) is 4.09. The van der Waals surface area contributed by atoms with Crippen LogP contribution in [0.15, 0.2) is 11.6 Å². The number of hydrogen-bond donors (Lipinski definition) is 3. The van der Waals surface area contributed by atoms with Crippen LogP contribution in [0.2, 0.25) is 0 Å². The number of thiazole rings is 1. The summed E-state index contributed by atoms with van der Waals surface area (Å²) < 4.78 is 0. The van der Waals surface area contributed by atoms with Crippen molar-refractivity contribution >= 4 is 23.0 Å². The molecular weight excluding hydrogens is 284 g/mol. The zero-order chi connectivity index (χ0) is 15.6. The summed E-state index contributed by atoms with van der Waals surface area (Å²) in [5.74, 6) is 7.75. The first-order chi connectivity index (χ1) is 9.82. The van der Waals surface area contributed by atoms with Gasteiger partial charge in [0.1, 0.15) is 22.5 Å². The van der Waals surface area contributed by atoms with Crippen LogP contribution in [0.5, 0.6) is 0 Å². The largest absolute Gasteiger partial charge is 0.361 e. The average molecular weight is 306 g/mol. The van der Waals surface area contributed by atoms with Gasteiger partial charge in [0.2, 0.25) is 0 Å². The number of hydrogen-bond acceptors (Lipinski definition) is 7. The highest BCUT2D eigenvalue weighted by Crippen LogP contribution is 2.28. The van der Waals surface area contributed by atoms with E-state index in [-0.39, 0.29) is 11.5 Å². The molecule has 6 nitrogen and oxygen atoms in total. The Morgan fingerprint density at radius 3 is 2.43 bits per heavy atom. The summed E-state index contributed by atoms with van der Waals surface area (Å²) in [6.07, 6.45) is 1.80. The predicted octanol–water partition coefficient (Wildman–Crippen LogP) is 3.00. The molecule has 0 fully saturated rings. The maximum atomic E-state index is 5.58. The van der Waals surface area contributed by atoms with Gasteiger partial charge in [0.25, 0.3) is 0 Å². The van der Waals surface area contributed by atoms with Gasteiger partial charge in [0.15, 0.2) is 0 Å². The van der Waals surface area contributed by atoms with Gasteiger partial charge in [-0.3, -0.25) is 0 Å². The lowest BCUT2D eigenvalue weighted by Crippen LogP contribution is -2.22. The molecule has 0 bridgehead atoms. The van der Waals surface area contributed by atoms with Gasteiger partial charge < -0.3 is 10.7 Å². The van der Waals surface area contributed by atoms with Crippen molar-refractivity contribution in [1.29, 1.82) is 0 Å². The van der Waals surface area contributed by atoms with Gasteiger partial charge in [0, 0.05) is 22.6 Å². The first-order valence-electron chi connectivity index (χ1n) is 6.84. The number of rotatable bonds is 4. The number of nitrogens with two attached hydrogens (primary N) is 1. The highest BCUT2D eigenvalue weighted by atomic mass is 32.1. The summed E-state index contributed by atoms with van der Waals surface area (Å²) in [7, 11) is 0. The molecule has 2 aromatic rings. The van der Waals surface area contributed by atoms with Crippen molar-refractivity contribution in [3.63, 3.8) is 0 Å². The second-order valence-corrected chi connectivity index (χ2v) is 6.93. The van der Waals surface area contributed by atoms with E-state index in [2.05, 4.69) is 53.4 Å². The molecule has 21 heavy (non-hydrogen) atoms. The molecule has 4 N–H and O–H groups in total. The van der Waals surface area contributed by atoms with Crippen LogP contribution in [0, 0.1) is 6.92 Å². The van der Waals surface area contributed by atoms with Crippen LogP contribution in [0.25, 0.3) is 0 Å². The Morgan fingerprint density at radius 2 is 1.90 bits per heavy atom. The van der Waals surface area contributed by atoms with E-state index in [9.17, 15) is 0 Å². The molecule has 0 aliphatic carbocycles. The van der Waals surface area contributed by atoms with Crippen LogP contribution in [-0.4, -0.2) is 15.0 Å². The van der Waals surface area contributed by atoms with Crippen LogP contribution in [0.3, 0.4) is 0 Å². The molecule has 1 unspecified atom stereocenters.